The number of hydrogen-bond acceptors (Lipinski definition) is 3. The Morgan fingerprint density at radius 1 is 1.15 bits per heavy atom. The standard InChI is InChI=1S/C21H24N4O2/c1-4-25(13-20(26)23-17-11-7-8-14(2)15(17)3)12-19-22-18-10-6-5-9-16(18)21(27)24-19/h5-11H,4,12-13H2,1-3H3,(H,23,26)(H,22,24,27)/p+1. The Labute approximate surface area is 158 Å². The van der Waals surface area contributed by atoms with Crippen LogP contribution in [-0.2, 0) is 11.3 Å². The molecule has 0 fully saturated rings. The van der Waals surface area contributed by atoms with Gasteiger partial charge in [0, 0.05) is 5.69 Å². The third kappa shape index (κ3) is 4.41. The van der Waals surface area contributed by atoms with E-state index in [1.807, 2.05) is 57.2 Å². The zero-order valence-electron chi connectivity index (χ0n) is 15.9. The smallest absolute Gasteiger partial charge is 0.279 e. The number of amides is 1. The molecule has 1 atom stereocenters. The first-order valence-corrected chi connectivity index (χ1v) is 9.15. The third-order valence-corrected chi connectivity index (χ3v) is 4.87. The number of aromatic amines is 1. The zero-order valence-corrected chi connectivity index (χ0v) is 15.9. The van der Waals surface area contributed by atoms with Crippen LogP contribution in [-0.4, -0.2) is 29.0 Å². The fraction of sp³-hybridized carbons (Fsp3) is 0.286. The lowest BCUT2D eigenvalue weighted by Crippen LogP contribution is -3.11. The molecule has 1 amide bonds. The van der Waals surface area contributed by atoms with Gasteiger partial charge in [0.25, 0.3) is 11.5 Å². The first-order chi connectivity index (χ1) is 13.0. The largest absolute Gasteiger partial charge is 0.321 e. The van der Waals surface area contributed by atoms with E-state index < -0.39 is 0 Å². The summed E-state index contributed by atoms with van der Waals surface area (Å²) < 4.78 is 0. The van der Waals surface area contributed by atoms with Crippen molar-refractivity contribution in [3.8, 4) is 0 Å². The highest BCUT2D eigenvalue weighted by atomic mass is 16.2. The molecule has 0 spiro atoms. The second-order valence-corrected chi connectivity index (χ2v) is 6.78. The highest BCUT2D eigenvalue weighted by molar-refractivity contribution is 5.92. The molecule has 0 aliphatic heterocycles. The summed E-state index contributed by atoms with van der Waals surface area (Å²) >= 11 is 0. The Balaban J connectivity index is 1.71. The fourth-order valence-corrected chi connectivity index (χ4v) is 3.08. The third-order valence-electron chi connectivity index (χ3n) is 4.87. The molecular weight excluding hydrogens is 340 g/mol. The Hall–Kier alpha value is -2.99. The molecular formula is C21H25N4O2+. The molecule has 6 nitrogen and oxygen atoms in total. The van der Waals surface area contributed by atoms with Gasteiger partial charge in [-0.3, -0.25) is 9.59 Å². The van der Waals surface area contributed by atoms with Crippen LogP contribution in [0.5, 0.6) is 0 Å². The van der Waals surface area contributed by atoms with Gasteiger partial charge in [-0.25, -0.2) is 4.98 Å². The maximum absolute atomic E-state index is 12.5. The van der Waals surface area contributed by atoms with Crippen molar-refractivity contribution >= 4 is 22.5 Å². The van der Waals surface area contributed by atoms with Crippen LogP contribution in [0.25, 0.3) is 10.9 Å². The van der Waals surface area contributed by atoms with E-state index in [0.717, 1.165) is 28.3 Å². The van der Waals surface area contributed by atoms with Crippen LogP contribution in [0, 0.1) is 13.8 Å². The minimum absolute atomic E-state index is 0.0521. The number of nitrogens with zero attached hydrogens (tertiary/aromatic N) is 1. The van der Waals surface area contributed by atoms with Gasteiger partial charge in [0.2, 0.25) is 0 Å². The number of fused-ring (bicyclic) bond motifs is 1. The van der Waals surface area contributed by atoms with Gasteiger partial charge in [0.05, 0.1) is 17.4 Å². The lowest BCUT2D eigenvalue weighted by molar-refractivity contribution is -0.904. The van der Waals surface area contributed by atoms with Crippen LogP contribution in [0.15, 0.2) is 47.3 Å². The maximum Gasteiger partial charge on any atom is 0.279 e. The number of H-pyrrole nitrogens is 1. The number of aromatic nitrogens is 2. The minimum atomic E-state index is -0.147. The van der Waals surface area contributed by atoms with Crippen molar-refractivity contribution in [2.75, 3.05) is 18.4 Å². The van der Waals surface area contributed by atoms with E-state index in [-0.39, 0.29) is 11.5 Å². The topological polar surface area (TPSA) is 79.3 Å². The Morgan fingerprint density at radius 2 is 1.93 bits per heavy atom. The van der Waals surface area contributed by atoms with Crippen molar-refractivity contribution in [1.82, 2.24) is 9.97 Å². The summed E-state index contributed by atoms with van der Waals surface area (Å²) in [7, 11) is 0. The number of para-hydroxylation sites is 1. The first-order valence-electron chi connectivity index (χ1n) is 9.15. The Kier molecular flexibility index (Phi) is 5.66. The van der Waals surface area contributed by atoms with Crippen LogP contribution in [0.2, 0.25) is 0 Å². The molecule has 27 heavy (non-hydrogen) atoms. The summed E-state index contributed by atoms with van der Waals surface area (Å²) in [5.74, 6) is 0.541. The molecule has 6 heteroatoms. The van der Waals surface area contributed by atoms with Crippen molar-refractivity contribution in [3.63, 3.8) is 0 Å². The van der Waals surface area contributed by atoms with Gasteiger partial charge in [-0.2, -0.15) is 0 Å². The van der Waals surface area contributed by atoms with Gasteiger partial charge in [-0.1, -0.05) is 24.3 Å². The van der Waals surface area contributed by atoms with Gasteiger partial charge < -0.3 is 15.2 Å². The van der Waals surface area contributed by atoms with E-state index >= 15 is 0 Å². The number of carbonyl (C=O) groups is 1. The molecule has 1 heterocycles. The second kappa shape index (κ2) is 8.14. The SMILES string of the molecule is CC[NH+](CC(=O)Nc1cccc(C)c1C)Cc1nc2ccccc2c(=O)[nH]1. The molecule has 2 aromatic carbocycles. The Morgan fingerprint density at radius 3 is 2.70 bits per heavy atom. The van der Waals surface area contributed by atoms with Crippen LogP contribution >= 0.6 is 0 Å². The van der Waals surface area contributed by atoms with Gasteiger partial charge in [0.15, 0.2) is 12.4 Å². The second-order valence-electron chi connectivity index (χ2n) is 6.78. The average Bonchev–Trinajstić information content (AvgIpc) is 2.65. The molecule has 0 aliphatic rings. The first kappa shape index (κ1) is 18.8. The lowest BCUT2D eigenvalue weighted by Gasteiger charge is -2.17. The van der Waals surface area contributed by atoms with Gasteiger partial charge in [0.1, 0.15) is 6.54 Å². The van der Waals surface area contributed by atoms with E-state index in [4.69, 9.17) is 0 Å². The van der Waals surface area contributed by atoms with Crippen molar-refractivity contribution in [3.05, 3.63) is 69.8 Å². The molecule has 0 saturated carbocycles. The van der Waals surface area contributed by atoms with E-state index in [2.05, 4.69) is 15.3 Å². The molecule has 1 aromatic heterocycles. The number of hydrogen-bond donors (Lipinski definition) is 3. The molecule has 3 rings (SSSR count). The molecule has 3 aromatic rings. The Bertz CT molecular complexity index is 1030. The van der Waals surface area contributed by atoms with E-state index in [1.165, 1.54) is 0 Å². The lowest BCUT2D eigenvalue weighted by atomic mass is 10.1. The van der Waals surface area contributed by atoms with Crippen LogP contribution in [0.4, 0.5) is 5.69 Å². The summed E-state index contributed by atoms with van der Waals surface area (Å²) in [5, 5.41) is 3.57. The maximum atomic E-state index is 12.5. The molecule has 0 radical (unpaired) electrons. The molecule has 0 saturated heterocycles. The summed E-state index contributed by atoms with van der Waals surface area (Å²) in [6, 6.07) is 13.1. The normalized spacial score (nSPS) is 12.1. The van der Waals surface area contributed by atoms with Gasteiger partial charge >= 0.3 is 0 Å². The molecule has 3 N–H and O–H groups in total. The number of quaternary nitrogens is 1. The number of benzene rings is 2. The van der Waals surface area contributed by atoms with Crippen molar-refractivity contribution in [1.29, 1.82) is 0 Å². The van der Waals surface area contributed by atoms with E-state index in [0.29, 0.717) is 29.8 Å². The molecule has 1 unspecified atom stereocenters. The van der Waals surface area contributed by atoms with Crippen LogP contribution in [0.3, 0.4) is 0 Å². The summed E-state index contributed by atoms with van der Waals surface area (Å²) in [5.41, 5.74) is 3.58. The summed E-state index contributed by atoms with van der Waals surface area (Å²) in [6.07, 6.45) is 0. The number of aryl methyl sites for hydroxylation is 1. The van der Waals surface area contributed by atoms with Crippen molar-refractivity contribution < 1.29 is 9.69 Å². The zero-order chi connectivity index (χ0) is 19.4. The van der Waals surface area contributed by atoms with Gasteiger partial charge in [-0.15, -0.1) is 0 Å². The molecule has 0 aliphatic carbocycles. The summed E-state index contributed by atoms with van der Waals surface area (Å²) in [6.45, 7) is 7.57. The molecule has 140 valence electrons. The minimum Gasteiger partial charge on any atom is -0.321 e. The number of carbonyl (C=O) groups excluding carboxylic acids is 1. The predicted octanol–water partition coefficient (Wildman–Crippen LogP) is 1.58. The van der Waals surface area contributed by atoms with Gasteiger partial charge in [-0.05, 0) is 50.1 Å². The average molecular weight is 365 g/mol. The highest BCUT2D eigenvalue weighted by Crippen LogP contribution is 2.17. The predicted molar refractivity (Wildman–Crippen MR) is 107 cm³/mol. The van der Waals surface area contributed by atoms with Crippen LogP contribution in [0.1, 0.15) is 23.9 Å². The van der Waals surface area contributed by atoms with Crippen molar-refractivity contribution in [2.24, 2.45) is 0 Å². The molecule has 0 bridgehead atoms. The number of nitrogens with one attached hydrogen (secondary N) is 3. The fourth-order valence-electron chi connectivity index (χ4n) is 3.08. The summed E-state index contributed by atoms with van der Waals surface area (Å²) in [4.78, 5) is 33.1. The number of rotatable bonds is 6. The number of anilines is 1. The monoisotopic (exact) mass is 365 g/mol. The number of likely N-dealkylation sites (N-methyl/N-ethyl adjacent to an activating group) is 1. The van der Waals surface area contributed by atoms with E-state index in [1.54, 1.807) is 6.07 Å². The van der Waals surface area contributed by atoms with Crippen molar-refractivity contribution in [2.45, 2.75) is 27.3 Å². The quantitative estimate of drug-likeness (QED) is 0.621. The van der Waals surface area contributed by atoms with E-state index in [9.17, 15) is 9.59 Å². The van der Waals surface area contributed by atoms with Crippen LogP contribution < -0.4 is 15.8 Å². The highest BCUT2D eigenvalue weighted by Gasteiger charge is 2.16.